The van der Waals surface area contributed by atoms with Crippen LogP contribution in [-0.4, -0.2) is 53.5 Å². The van der Waals surface area contributed by atoms with Crippen LogP contribution >= 0.6 is 0 Å². The topological polar surface area (TPSA) is 40.6 Å². The first-order chi connectivity index (χ1) is 13.3. The van der Waals surface area contributed by atoms with Gasteiger partial charge in [0, 0.05) is 25.2 Å². The van der Waals surface area contributed by atoms with Crippen molar-refractivity contribution in [2.45, 2.75) is 38.4 Å². The van der Waals surface area contributed by atoms with Gasteiger partial charge < -0.3 is 9.80 Å². The summed E-state index contributed by atoms with van der Waals surface area (Å²) in [7, 11) is 0. The quantitative estimate of drug-likeness (QED) is 0.764. The second-order valence-electron chi connectivity index (χ2n) is 7.11. The first-order valence-corrected chi connectivity index (χ1v) is 9.47. The molecule has 150 valence electrons. The lowest BCUT2D eigenvalue weighted by Crippen LogP contribution is -2.45. The van der Waals surface area contributed by atoms with Crippen LogP contribution < -0.4 is 0 Å². The molecule has 2 amide bonds. The summed E-state index contributed by atoms with van der Waals surface area (Å²) >= 11 is 0. The van der Waals surface area contributed by atoms with Crippen molar-refractivity contribution in [2.24, 2.45) is 0 Å². The van der Waals surface area contributed by atoms with Gasteiger partial charge in [-0.25, -0.2) is 0 Å². The number of carbonyl (C=O) groups is 2. The molecule has 2 aromatic carbocycles. The van der Waals surface area contributed by atoms with E-state index in [-0.39, 0.29) is 19.0 Å². The van der Waals surface area contributed by atoms with Crippen molar-refractivity contribution in [3.8, 4) is 0 Å². The molecule has 1 aliphatic heterocycles. The van der Waals surface area contributed by atoms with Crippen LogP contribution in [0.2, 0.25) is 0 Å². The maximum absolute atomic E-state index is 13.2. The van der Waals surface area contributed by atoms with Gasteiger partial charge in [0.15, 0.2) is 0 Å². The van der Waals surface area contributed by atoms with Crippen molar-refractivity contribution in [3.63, 3.8) is 0 Å². The van der Waals surface area contributed by atoms with Crippen LogP contribution in [0.1, 0.15) is 36.5 Å². The second kappa shape index (κ2) is 8.20. The van der Waals surface area contributed by atoms with E-state index in [9.17, 15) is 22.8 Å². The fourth-order valence-corrected chi connectivity index (χ4v) is 3.63. The van der Waals surface area contributed by atoms with Crippen molar-refractivity contribution < 1.29 is 22.8 Å². The van der Waals surface area contributed by atoms with Crippen LogP contribution in [0.5, 0.6) is 0 Å². The fraction of sp³-hybridized carbons (Fsp3) is 0.429. The van der Waals surface area contributed by atoms with Gasteiger partial charge in [-0.15, -0.1) is 0 Å². The number of alkyl halides is 3. The zero-order chi connectivity index (χ0) is 20.3. The summed E-state index contributed by atoms with van der Waals surface area (Å²) in [5.41, 5.74) is 0.510. The predicted octanol–water partition coefficient (Wildman–Crippen LogP) is 4.25. The van der Waals surface area contributed by atoms with E-state index in [2.05, 4.69) is 0 Å². The smallest absolute Gasteiger partial charge is 0.334 e. The van der Waals surface area contributed by atoms with Crippen LogP contribution in [0.15, 0.2) is 42.5 Å². The molecule has 1 aliphatic rings. The van der Waals surface area contributed by atoms with E-state index in [1.54, 1.807) is 11.0 Å². The summed E-state index contributed by atoms with van der Waals surface area (Å²) in [5.74, 6) is -2.03. The molecule has 3 rings (SSSR count). The average molecular weight is 392 g/mol. The van der Waals surface area contributed by atoms with Crippen molar-refractivity contribution in [1.29, 1.82) is 0 Å². The lowest BCUT2D eigenvalue weighted by molar-refractivity contribution is -0.184. The Labute approximate surface area is 161 Å². The van der Waals surface area contributed by atoms with E-state index >= 15 is 0 Å². The number of nitrogens with zero attached hydrogens (tertiary/aromatic N) is 2. The lowest BCUT2D eigenvalue weighted by Gasteiger charge is -2.29. The molecule has 7 heteroatoms. The molecule has 1 atom stereocenters. The SMILES string of the molecule is CCCCN(C(=O)c1ccc2ccccc2c1)[C@@H]1CCN(C(=O)C(F)(F)F)C1. The van der Waals surface area contributed by atoms with Gasteiger partial charge in [-0.05, 0) is 35.7 Å². The third kappa shape index (κ3) is 4.29. The Morgan fingerprint density at radius 2 is 1.86 bits per heavy atom. The number of hydrogen-bond acceptors (Lipinski definition) is 2. The molecule has 4 nitrogen and oxygen atoms in total. The Hall–Kier alpha value is -2.57. The maximum Gasteiger partial charge on any atom is 0.471 e. The van der Waals surface area contributed by atoms with Crippen molar-refractivity contribution in [2.75, 3.05) is 19.6 Å². The van der Waals surface area contributed by atoms with Crippen LogP contribution in [0.25, 0.3) is 10.8 Å². The number of likely N-dealkylation sites (tertiary alicyclic amines) is 1. The molecule has 0 saturated carbocycles. The average Bonchev–Trinajstić information content (AvgIpc) is 3.16. The van der Waals surface area contributed by atoms with Gasteiger partial charge in [-0.1, -0.05) is 43.7 Å². The third-order valence-corrected chi connectivity index (χ3v) is 5.14. The van der Waals surface area contributed by atoms with Crippen molar-refractivity contribution in [3.05, 3.63) is 48.0 Å². The zero-order valence-corrected chi connectivity index (χ0v) is 15.7. The van der Waals surface area contributed by atoms with Crippen molar-refractivity contribution in [1.82, 2.24) is 9.80 Å². The second-order valence-corrected chi connectivity index (χ2v) is 7.11. The first-order valence-electron chi connectivity index (χ1n) is 9.47. The molecule has 1 heterocycles. The van der Waals surface area contributed by atoms with E-state index in [1.807, 2.05) is 43.3 Å². The van der Waals surface area contributed by atoms with Gasteiger partial charge in [0.1, 0.15) is 0 Å². The standard InChI is InChI=1S/C21H23F3N2O2/c1-2-3-11-26(18-10-12-25(14-18)20(28)21(22,23)24)19(27)17-9-8-15-6-4-5-7-16(15)13-17/h4-9,13,18H,2-3,10-12,14H2,1H3/t18-/m1/s1. The number of amides is 2. The molecule has 1 fully saturated rings. The maximum atomic E-state index is 13.2. The van der Waals surface area contributed by atoms with Gasteiger partial charge in [-0.3, -0.25) is 9.59 Å². The van der Waals surface area contributed by atoms with Gasteiger partial charge in [0.25, 0.3) is 5.91 Å². The Morgan fingerprint density at radius 1 is 1.14 bits per heavy atom. The van der Waals surface area contributed by atoms with Gasteiger partial charge in [-0.2, -0.15) is 13.2 Å². The monoisotopic (exact) mass is 392 g/mol. The molecule has 0 aliphatic carbocycles. The van der Waals surface area contributed by atoms with Gasteiger partial charge >= 0.3 is 12.1 Å². The summed E-state index contributed by atoms with van der Waals surface area (Å²) < 4.78 is 38.2. The van der Waals surface area contributed by atoms with Crippen LogP contribution in [0, 0.1) is 0 Å². The highest BCUT2D eigenvalue weighted by molar-refractivity contribution is 5.98. The molecule has 28 heavy (non-hydrogen) atoms. The number of fused-ring (bicyclic) bond motifs is 1. The molecule has 0 bridgehead atoms. The van der Waals surface area contributed by atoms with Gasteiger partial charge in [0.2, 0.25) is 0 Å². The zero-order valence-electron chi connectivity index (χ0n) is 15.7. The Balaban J connectivity index is 1.81. The normalized spacial score (nSPS) is 17.1. The summed E-state index contributed by atoms with van der Waals surface area (Å²) in [6, 6.07) is 12.7. The Morgan fingerprint density at radius 3 is 2.54 bits per heavy atom. The molecule has 0 unspecified atom stereocenters. The minimum absolute atomic E-state index is 0.0106. The summed E-state index contributed by atoms with van der Waals surface area (Å²) in [6.07, 6.45) is -2.92. The number of carbonyl (C=O) groups excluding carboxylic acids is 2. The largest absolute Gasteiger partial charge is 0.471 e. The molecule has 2 aromatic rings. The number of rotatable bonds is 5. The highest BCUT2D eigenvalue weighted by Gasteiger charge is 2.45. The van der Waals surface area contributed by atoms with Gasteiger partial charge in [0.05, 0.1) is 6.04 Å². The Bertz CT molecular complexity index is 866. The number of hydrogen-bond donors (Lipinski definition) is 0. The number of benzene rings is 2. The fourth-order valence-electron chi connectivity index (χ4n) is 3.63. The summed E-state index contributed by atoms with van der Waals surface area (Å²) in [4.78, 5) is 27.1. The van der Waals surface area contributed by atoms with Crippen LogP contribution in [0.3, 0.4) is 0 Å². The minimum atomic E-state index is -4.88. The highest BCUT2D eigenvalue weighted by Crippen LogP contribution is 2.25. The van der Waals surface area contributed by atoms with E-state index in [0.717, 1.165) is 28.5 Å². The molecular formula is C21H23F3N2O2. The van der Waals surface area contributed by atoms with E-state index in [1.165, 1.54) is 0 Å². The third-order valence-electron chi connectivity index (χ3n) is 5.14. The highest BCUT2D eigenvalue weighted by atomic mass is 19.4. The Kier molecular flexibility index (Phi) is 5.91. The number of halogens is 3. The number of unbranched alkanes of at least 4 members (excludes halogenated alkanes) is 1. The van der Waals surface area contributed by atoms with Crippen molar-refractivity contribution >= 4 is 22.6 Å². The summed E-state index contributed by atoms with van der Waals surface area (Å²) in [6.45, 7) is 2.38. The predicted molar refractivity (Wildman–Crippen MR) is 101 cm³/mol. The molecule has 0 aromatic heterocycles. The molecule has 0 N–H and O–H groups in total. The van der Waals surface area contributed by atoms with E-state index < -0.39 is 18.1 Å². The summed E-state index contributed by atoms with van der Waals surface area (Å²) in [5, 5.41) is 1.95. The van der Waals surface area contributed by atoms with E-state index in [0.29, 0.717) is 18.5 Å². The molecule has 1 saturated heterocycles. The van der Waals surface area contributed by atoms with E-state index in [4.69, 9.17) is 0 Å². The minimum Gasteiger partial charge on any atom is -0.334 e. The lowest BCUT2D eigenvalue weighted by atomic mass is 10.0. The first kappa shape index (κ1) is 20.2. The molecule has 0 radical (unpaired) electrons. The molecular weight excluding hydrogens is 369 g/mol. The van der Waals surface area contributed by atoms with Crippen LogP contribution in [0.4, 0.5) is 13.2 Å². The van der Waals surface area contributed by atoms with Crippen LogP contribution in [-0.2, 0) is 4.79 Å². The molecule has 0 spiro atoms.